The van der Waals surface area contributed by atoms with Crippen LogP contribution in [0.2, 0.25) is 0 Å². The molecular weight excluding hydrogens is 366 g/mol. The van der Waals surface area contributed by atoms with E-state index in [9.17, 15) is 0 Å². The maximum atomic E-state index is 4.89. The Morgan fingerprint density at radius 2 is 1.37 bits per heavy atom. The third-order valence-electron chi connectivity index (χ3n) is 6.15. The summed E-state index contributed by atoms with van der Waals surface area (Å²) in [6.07, 6.45) is 1.90. The molecule has 0 saturated heterocycles. The summed E-state index contributed by atoms with van der Waals surface area (Å²) >= 11 is 0. The van der Waals surface area contributed by atoms with Crippen LogP contribution >= 0.6 is 0 Å². The second kappa shape index (κ2) is 5.71. The van der Waals surface area contributed by atoms with Crippen molar-refractivity contribution in [2.75, 3.05) is 0 Å². The van der Waals surface area contributed by atoms with Crippen LogP contribution in [0.4, 0.5) is 0 Å². The first-order valence-electron chi connectivity index (χ1n) is 10.2. The van der Waals surface area contributed by atoms with Gasteiger partial charge in [0.05, 0.1) is 22.1 Å². The molecule has 3 heterocycles. The van der Waals surface area contributed by atoms with Gasteiger partial charge < -0.3 is 9.55 Å². The van der Waals surface area contributed by atoms with Gasteiger partial charge >= 0.3 is 0 Å². The van der Waals surface area contributed by atoms with Gasteiger partial charge in [-0.1, -0.05) is 60.7 Å². The lowest BCUT2D eigenvalue weighted by Crippen LogP contribution is -1.95. The molecule has 7 aromatic rings. The van der Waals surface area contributed by atoms with Crippen LogP contribution in [0.3, 0.4) is 0 Å². The van der Waals surface area contributed by atoms with E-state index in [4.69, 9.17) is 4.98 Å². The first kappa shape index (κ1) is 15.8. The molecule has 0 bridgehead atoms. The highest BCUT2D eigenvalue weighted by Gasteiger charge is 2.21. The Kier molecular flexibility index (Phi) is 3.00. The minimum atomic E-state index is 1.03. The van der Waals surface area contributed by atoms with Crippen molar-refractivity contribution in [1.82, 2.24) is 14.5 Å². The molecule has 0 aliphatic rings. The molecule has 0 amide bonds. The van der Waals surface area contributed by atoms with Gasteiger partial charge in [0.15, 0.2) is 0 Å². The minimum absolute atomic E-state index is 1.03. The van der Waals surface area contributed by atoms with E-state index in [2.05, 4.69) is 94.5 Å². The lowest BCUT2D eigenvalue weighted by Gasteiger charge is -2.10. The highest BCUT2D eigenvalue weighted by atomic mass is 15.0. The molecule has 0 radical (unpaired) electrons. The number of rotatable bonds is 1. The summed E-state index contributed by atoms with van der Waals surface area (Å²) in [4.78, 5) is 8.62. The molecule has 0 spiro atoms. The van der Waals surface area contributed by atoms with Crippen molar-refractivity contribution in [2.45, 2.75) is 0 Å². The summed E-state index contributed by atoms with van der Waals surface area (Å²) in [5, 5.41) is 6.13. The monoisotopic (exact) mass is 383 g/mol. The molecule has 0 saturated carbocycles. The molecule has 0 atom stereocenters. The number of hydrogen-bond acceptors (Lipinski definition) is 1. The maximum Gasteiger partial charge on any atom is 0.0956 e. The normalized spacial score (nSPS) is 12.0. The molecule has 140 valence electrons. The molecule has 0 fully saturated rings. The van der Waals surface area contributed by atoms with Crippen molar-refractivity contribution in [2.24, 2.45) is 0 Å². The summed E-state index contributed by atoms with van der Waals surface area (Å²) < 4.78 is 2.35. The number of aromatic nitrogens is 3. The van der Waals surface area contributed by atoms with Crippen molar-refractivity contribution in [1.29, 1.82) is 0 Å². The van der Waals surface area contributed by atoms with E-state index in [0.29, 0.717) is 0 Å². The number of aromatic amines is 1. The van der Waals surface area contributed by atoms with Gasteiger partial charge in [0, 0.05) is 44.3 Å². The predicted octanol–water partition coefficient (Wildman–Crippen LogP) is 6.97. The van der Waals surface area contributed by atoms with Crippen LogP contribution in [0, 0.1) is 0 Å². The van der Waals surface area contributed by atoms with Crippen LogP contribution in [0.1, 0.15) is 0 Å². The molecule has 7 rings (SSSR count). The van der Waals surface area contributed by atoms with E-state index in [0.717, 1.165) is 22.2 Å². The van der Waals surface area contributed by atoms with Gasteiger partial charge in [-0.25, -0.2) is 0 Å². The van der Waals surface area contributed by atoms with Crippen molar-refractivity contribution in [3.8, 4) is 5.69 Å². The van der Waals surface area contributed by atoms with Gasteiger partial charge in [-0.15, -0.1) is 0 Å². The lowest BCUT2D eigenvalue weighted by atomic mass is 10.0. The fraction of sp³-hybridized carbons (Fsp3) is 0. The van der Waals surface area contributed by atoms with Crippen LogP contribution in [-0.4, -0.2) is 14.5 Å². The number of fused-ring (bicyclic) bond motifs is 10. The van der Waals surface area contributed by atoms with E-state index in [1.165, 1.54) is 38.0 Å². The maximum absolute atomic E-state index is 4.89. The molecule has 0 unspecified atom stereocenters. The first-order valence-corrected chi connectivity index (χ1v) is 10.2. The van der Waals surface area contributed by atoms with Gasteiger partial charge in [-0.3, -0.25) is 4.98 Å². The number of H-pyrrole nitrogens is 1. The number of hydrogen-bond donors (Lipinski definition) is 1. The molecule has 30 heavy (non-hydrogen) atoms. The minimum Gasteiger partial charge on any atom is -0.354 e. The molecule has 3 aromatic heterocycles. The van der Waals surface area contributed by atoms with Gasteiger partial charge in [0.25, 0.3) is 0 Å². The van der Waals surface area contributed by atoms with Crippen molar-refractivity contribution in [3.05, 3.63) is 97.2 Å². The Bertz CT molecular complexity index is 1740. The molecule has 1 N–H and O–H groups in total. The van der Waals surface area contributed by atoms with Crippen LogP contribution in [0.5, 0.6) is 0 Å². The largest absolute Gasteiger partial charge is 0.354 e. The van der Waals surface area contributed by atoms with Crippen LogP contribution in [0.25, 0.3) is 60.2 Å². The third kappa shape index (κ3) is 1.91. The molecular formula is C27H17N3. The Morgan fingerprint density at radius 1 is 0.633 bits per heavy atom. The summed E-state index contributed by atoms with van der Waals surface area (Å²) in [5.41, 5.74) is 6.85. The summed E-state index contributed by atoms with van der Waals surface area (Å²) in [6, 6.07) is 32.0. The van der Waals surface area contributed by atoms with E-state index in [-0.39, 0.29) is 0 Å². The lowest BCUT2D eigenvalue weighted by molar-refractivity contribution is 1.18. The molecule has 4 aromatic carbocycles. The first-order chi connectivity index (χ1) is 14.9. The number of nitrogens with one attached hydrogen (secondary N) is 1. The van der Waals surface area contributed by atoms with E-state index in [1.807, 2.05) is 12.3 Å². The van der Waals surface area contributed by atoms with Crippen LogP contribution in [-0.2, 0) is 0 Å². The predicted molar refractivity (Wildman–Crippen MR) is 125 cm³/mol. The quantitative estimate of drug-likeness (QED) is 0.326. The summed E-state index contributed by atoms with van der Waals surface area (Å²) in [6.45, 7) is 0. The Hall–Kier alpha value is -4.11. The molecule has 3 nitrogen and oxygen atoms in total. The zero-order valence-corrected chi connectivity index (χ0v) is 16.1. The van der Waals surface area contributed by atoms with Crippen LogP contribution < -0.4 is 0 Å². The second-order valence-corrected chi connectivity index (χ2v) is 7.73. The highest BCUT2D eigenvalue weighted by Crippen LogP contribution is 2.43. The number of para-hydroxylation sites is 3. The molecule has 0 aliphatic carbocycles. The van der Waals surface area contributed by atoms with Crippen molar-refractivity contribution >= 4 is 54.5 Å². The van der Waals surface area contributed by atoms with Gasteiger partial charge in [0.1, 0.15) is 0 Å². The average Bonchev–Trinajstić information content (AvgIpc) is 3.36. The van der Waals surface area contributed by atoms with Gasteiger partial charge in [0.2, 0.25) is 0 Å². The van der Waals surface area contributed by atoms with Gasteiger partial charge in [-0.2, -0.15) is 0 Å². The third-order valence-corrected chi connectivity index (χ3v) is 6.15. The summed E-state index contributed by atoms with van der Waals surface area (Å²) in [7, 11) is 0. The zero-order chi connectivity index (χ0) is 19.7. The van der Waals surface area contributed by atoms with E-state index < -0.39 is 0 Å². The van der Waals surface area contributed by atoms with Crippen LogP contribution in [0.15, 0.2) is 97.2 Å². The Morgan fingerprint density at radius 3 is 2.27 bits per heavy atom. The fourth-order valence-corrected chi connectivity index (χ4v) is 4.97. The Balaban J connectivity index is 1.88. The standard InChI is InChI=1S/C27H17N3/c1-2-9-17(10-3-1)30-22-15-7-5-12-19(22)24-26-23(18-11-4-6-14-21(18)29-26)20-13-8-16-28-25(20)27(24)30/h1-16,29H. The SMILES string of the molecule is c1ccc(-n2c3ccccc3c3c4[nH]c5ccccc5c4c4cccnc4c32)cc1. The van der Waals surface area contributed by atoms with Crippen molar-refractivity contribution < 1.29 is 0 Å². The van der Waals surface area contributed by atoms with Gasteiger partial charge in [-0.05, 0) is 30.3 Å². The zero-order valence-electron chi connectivity index (χ0n) is 16.1. The van der Waals surface area contributed by atoms with E-state index in [1.54, 1.807) is 0 Å². The topological polar surface area (TPSA) is 33.6 Å². The summed E-state index contributed by atoms with van der Waals surface area (Å²) in [5.74, 6) is 0. The average molecular weight is 383 g/mol. The second-order valence-electron chi connectivity index (χ2n) is 7.73. The number of pyridine rings is 1. The fourth-order valence-electron chi connectivity index (χ4n) is 4.97. The number of nitrogens with zero attached hydrogens (tertiary/aromatic N) is 2. The smallest absolute Gasteiger partial charge is 0.0956 e. The molecule has 3 heteroatoms. The van der Waals surface area contributed by atoms with E-state index >= 15 is 0 Å². The highest BCUT2D eigenvalue weighted by molar-refractivity contribution is 6.35. The molecule has 0 aliphatic heterocycles. The Labute approximate surface area is 172 Å². The number of benzene rings is 4. The van der Waals surface area contributed by atoms with Crippen molar-refractivity contribution in [3.63, 3.8) is 0 Å².